The van der Waals surface area contributed by atoms with E-state index in [0.717, 1.165) is 62.5 Å². The van der Waals surface area contributed by atoms with Gasteiger partial charge in [-0.3, -0.25) is 0 Å². The Morgan fingerprint density at radius 1 is 1.07 bits per heavy atom. The summed E-state index contributed by atoms with van der Waals surface area (Å²) in [5.41, 5.74) is 8.88. The monoisotopic (exact) mass is 362 g/mol. The van der Waals surface area contributed by atoms with Gasteiger partial charge in [-0.2, -0.15) is 0 Å². The van der Waals surface area contributed by atoms with Crippen LogP contribution in [0.1, 0.15) is 35.8 Å². The first-order chi connectivity index (χ1) is 13.3. The van der Waals surface area contributed by atoms with Crippen molar-refractivity contribution in [2.75, 3.05) is 30.3 Å². The number of nitrogens with one attached hydrogen (secondary N) is 1. The van der Waals surface area contributed by atoms with E-state index >= 15 is 0 Å². The number of nitrogens with zero attached hydrogens (tertiary/aromatic N) is 6. The van der Waals surface area contributed by atoms with E-state index < -0.39 is 0 Å². The summed E-state index contributed by atoms with van der Waals surface area (Å²) in [7, 11) is 0. The van der Waals surface area contributed by atoms with E-state index in [1.807, 2.05) is 12.3 Å². The molecule has 1 fully saturated rings. The second-order valence-corrected chi connectivity index (χ2v) is 7.19. The number of pyridine rings is 1. The summed E-state index contributed by atoms with van der Waals surface area (Å²) >= 11 is 0. The van der Waals surface area contributed by atoms with Gasteiger partial charge in [0.05, 0.1) is 5.39 Å². The van der Waals surface area contributed by atoms with Gasteiger partial charge in [-0.05, 0) is 25.0 Å². The molecule has 1 saturated heterocycles. The predicted molar refractivity (Wildman–Crippen MR) is 103 cm³/mol. The zero-order chi connectivity index (χ0) is 18.2. The van der Waals surface area contributed by atoms with Crippen LogP contribution in [0, 0.1) is 0 Å². The molecule has 0 amide bonds. The van der Waals surface area contributed by atoms with Crippen LogP contribution in [-0.2, 0) is 13.0 Å². The Balaban J connectivity index is 1.35. The van der Waals surface area contributed by atoms with Gasteiger partial charge in [-0.25, -0.2) is 24.9 Å². The average molecular weight is 362 g/mol. The van der Waals surface area contributed by atoms with Crippen LogP contribution >= 0.6 is 0 Å². The zero-order valence-electron chi connectivity index (χ0n) is 15.1. The molecule has 3 aromatic rings. The van der Waals surface area contributed by atoms with E-state index in [-0.39, 0.29) is 0 Å². The van der Waals surface area contributed by atoms with Crippen LogP contribution in [0.5, 0.6) is 0 Å². The van der Waals surface area contributed by atoms with Crippen LogP contribution in [0.25, 0.3) is 11.0 Å². The minimum absolute atomic E-state index is 0.406. The molecule has 3 N–H and O–H groups in total. The molecular weight excluding hydrogens is 340 g/mol. The first-order valence-electron chi connectivity index (χ1n) is 9.45. The summed E-state index contributed by atoms with van der Waals surface area (Å²) in [4.78, 5) is 24.9. The fraction of sp³-hybridized carbons (Fsp3) is 0.421. The molecule has 0 radical (unpaired) electrons. The maximum atomic E-state index is 5.78. The molecule has 0 aliphatic carbocycles. The molecule has 8 heteroatoms. The van der Waals surface area contributed by atoms with Crippen LogP contribution in [0.15, 0.2) is 24.7 Å². The summed E-state index contributed by atoms with van der Waals surface area (Å²) < 4.78 is 0. The van der Waals surface area contributed by atoms with Crippen molar-refractivity contribution in [3.8, 4) is 0 Å². The number of nitrogen functional groups attached to an aromatic ring is 1. The van der Waals surface area contributed by atoms with Crippen molar-refractivity contribution < 1.29 is 0 Å². The molecule has 0 bridgehead atoms. The van der Waals surface area contributed by atoms with Gasteiger partial charge in [0.2, 0.25) is 0 Å². The highest BCUT2D eigenvalue weighted by atomic mass is 15.2. The van der Waals surface area contributed by atoms with Gasteiger partial charge in [0.25, 0.3) is 0 Å². The van der Waals surface area contributed by atoms with E-state index in [1.165, 1.54) is 11.3 Å². The lowest BCUT2D eigenvalue weighted by Crippen LogP contribution is -2.34. The van der Waals surface area contributed by atoms with Gasteiger partial charge >= 0.3 is 0 Å². The summed E-state index contributed by atoms with van der Waals surface area (Å²) in [6, 6.07) is 3.76. The predicted octanol–water partition coefficient (Wildman–Crippen LogP) is 1.43. The molecule has 8 nitrogen and oxygen atoms in total. The molecule has 138 valence electrons. The van der Waals surface area contributed by atoms with Crippen LogP contribution in [-0.4, -0.2) is 44.6 Å². The first-order valence-corrected chi connectivity index (χ1v) is 9.45. The summed E-state index contributed by atoms with van der Waals surface area (Å²) in [6.07, 6.45) is 6.60. The second kappa shape index (κ2) is 6.70. The average Bonchev–Trinajstić information content (AvgIpc) is 2.73. The Morgan fingerprint density at radius 2 is 1.96 bits per heavy atom. The van der Waals surface area contributed by atoms with E-state index in [2.05, 4.69) is 30.2 Å². The van der Waals surface area contributed by atoms with Gasteiger partial charge in [0.1, 0.15) is 23.8 Å². The van der Waals surface area contributed by atoms with Gasteiger partial charge in [0.15, 0.2) is 5.65 Å². The molecule has 0 spiro atoms. The highest BCUT2D eigenvalue weighted by molar-refractivity contribution is 5.87. The smallest absolute Gasteiger partial charge is 0.166 e. The zero-order valence-corrected chi connectivity index (χ0v) is 15.1. The van der Waals surface area contributed by atoms with Crippen LogP contribution < -0.4 is 16.0 Å². The molecule has 5 heterocycles. The standard InChI is InChI=1S/C19H22N8/c20-16-2-1-14-18(26-16)23-11-24-19(14)27-7-4-12(5-8-27)17-22-10-13-9-21-6-3-15(13)25-17/h1-2,10-12,21H,3-9H2,(H2,20,23,24,26). The molecule has 27 heavy (non-hydrogen) atoms. The molecule has 0 atom stereocenters. The number of hydrogen-bond donors (Lipinski definition) is 2. The minimum Gasteiger partial charge on any atom is -0.384 e. The number of rotatable bonds is 2. The van der Waals surface area contributed by atoms with Crippen molar-refractivity contribution in [2.45, 2.75) is 31.7 Å². The second-order valence-electron chi connectivity index (χ2n) is 7.19. The number of nitrogens with two attached hydrogens (primary N) is 1. The van der Waals surface area contributed by atoms with Gasteiger partial charge < -0.3 is 16.0 Å². The van der Waals surface area contributed by atoms with Crippen molar-refractivity contribution in [1.29, 1.82) is 0 Å². The number of piperidine rings is 1. The normalized spacial score (nSPS) is 17.9. The molecule has 2 aliphatic heterocycles. The van der Waals surface area contributed by atoms with Crippen molar-refractivity contribution >= 4 is 22.7 Å². The Bertz CT molecular complexity index is 981. The molecule has 3 aromatic heterocycles. The third-order valence-electron chi connectivity index (χ3n) is 5.48. The lowest BCUT2D eigenvalue weighted by molar-refractivity contribution is 0.479. The van der Waals surface area contributed by atoms with E-state index in [1.54, 1.807) is 12.4 Å². The third kappa shape index (κ3) is 3.06. The number of fused-ring (bicyclic) bond motifs is 2. The number of anilines is 2. The van der Waals surface area contributed by atoms with E-state index in [0.29, 0.717) is 17.4 Å². The quantitative estimate of drug-likeness (QED) is 0.705. The van der Waals surface area contributed by atoms with Gasteiger partial charge in [0, 0.05) is 56.0 Å². The van der Waals surface area contributed by atoms with Crippen molar-refractivity contribution in [3.05, 3.63) is 41.7 Å². The minimum atomic E-state index is 0.406. The maximum Gasteiger partial charge on any atom is 0.166 e. The Labute approximate surface area is 157 Å². The summed E-state index contributed by atoms with van der Waals surface area (Å²) in [6.45, 7) is 3.72. The lowest BCUT2D eigenvalue weighted by atomic mass is 9.95. The fourth-order valence-corrected chi connectivity index (χ4v) is 3.99. The highest BCUT2D eigenvalue weighted by Crippen LogP contribution is 2.31. The topological polar surface area (TPSA) is 106 Å². The molecule has 0 unspecified atom stereocenters. The molecule has 5 rings (SSSR count). The molecule has 0 saturated carbocycles. The molecule has 2 aliphatic rings. The summed E-state index contributed by atoms with van der Waals surface area (Å²) in [5.74, 6) is 2.81. The van der Waals surface area contributed by atoms with Crippen molar-refractivity contribution in [3.63, 3.8) is 0 Å². The maximum absolute atomic E-state index is 5.78. The number of hydrogen-bond acceptors (Lipinski definition) is 8. The first kappa shape index (κ1) is 16.3. The largest absolute Gasteiger partial charge is 0.384 e. The Morgan fingerprint density at radius 3 is 2.85 bits per heavy atom. The molecule has 0 aromatic carbocycles. The number of aromatic nitrogens is 5. The Hall–Kier alpha value is -2.87. The van der Waals surface area contributed by atoms with Crippen LogP contribution in [0.2, 0.25) is 0 Å². The van der Waals surface area contributed by atoms with Gasteiger partial charge in [-0.15, -0.1) is 0 Å². The van der Waals surface area contributed by atoms with Crippen LogP contribution in [0.3, 0.4) is 0 Å². The Kier molecular flexibility index (Phi) is 4.05. The molecular formula is C19H22N8. The van der Waals surface area contributed by atoms with Gasteiger partial charge in [-0.1, -0.05) is 0 Å². The van der Waals surface area contributed by atoms with E-state index in [9.17, 15) is 0 Å². The summed E-state index contributed by atoms with van der Waals surface area (Å²) in [5, 5.41) is 4.32. The fourth-order valence-electron chi connectivity index (χ4n) is 3.99. The third-order valence-corrected chi connectivity index (χ3v) is 5.48. The SMILES string of the molecule is Nc1ccc2c(N3CCC(c4ncc5c(n4)CCNC5)CC3)ncnc2n1. The highest BCUT2D eigenvalue weighted by Gasteiger charge is 2.25. The van der Waals surface area contributed by atoms with Crippen molar-refractivity contribution in [1.82, 2.24) is 30.2 Å². The van der Waals surface area contributed by atoms with Crippen LogP contribution in [0.4, 0.5) is 11.6 Å². The van der Waals surface area contributed by atoms with E-state index in [4.69, 9.17) is 10.7 Å². The lowest BCUT2D eigenvalue weighted by Gasteiger charge is -2.32. The van der Waals surface area contributed by atoms with Crippen molar-refractivity contribution in [2.24, 2.45) is 0 Å².